The molecular weight excluding hydrogens is 278 g/mol. The summed E-state index contributed by atoms with van der Waals surface area (Å²) in [5.74, 6) is 0.156. The van der Waals surface area contributed by atoms with E-state index in [2.05, 4.69) is 30.8 Å². The summed E-state index contributed by atoms with van der Waals surface area (Å²) in [4.78, 5) is 13.8. The number of nitrogens with one attached hydrogen (secondary N) is 1. The summed E-state index contributed by atoms with van der Waals surface area (Å²) in [5, 5.41) is 3.14. The molecule has 0 radical (unpaired) electrons. The minimum atomic E-state index is -2.83. The summed E-state index contributed by atoms with van der Waals surface area (Å²) < 4.78 is 28.6. The number of carbonyl (C=O) groups excluding carboxylic acids is 1. The van der Waals surface area contributed by atoms with E-state index in [0.717, 1.165) is 5.56 Å². The standard InChI is InChI=1S/C15H20F2N2O2/c1-15(2,3)9-19-12(20)8-18-13(19)10-4-6-11(7-5-10)21-14(16)17/h4-7,13-14,18H,8-9H2,1-3H3. The molecular formula is C15H20F2N2O2. The Bertz CT molecular complexity index is 497. The second-order valence-electron chi connectivity index (χ2n) is 6.31. The van der Waals surface area contributed by atoms with E-state index in [0.29, 0.717) is 6.54 Å². The van der Waals surface area contributed by atoms with E-state index in [-0.39, 0.29) is 29.8 Å². The van der Waals surface area contributed by atoms with Gasteiger partial charge in [0.1, 0.15) is 11.9 Å². The Kier molecular flexibility index (Phi) is 4.46. The van der Waals surface area contributed by atoms with Gasteiger partial charge in [0.25, 0.3) is 0 Å². The van der Waals surface area contributed by atoms with Crippen molar-refractivity contribution in [1.29, 1.82) is 0 Å². The molecule has 116 valence electrons. The lowest BCUT2D eigenvalue weighted by Gasteiger charge is -2.31. The molecule has 1 aromatic carbocycles. The first kappa shape index (κ1) is 15.7. The smallest absolute Gasteiger partial charge is 0.387 e. The number of hydrogen-bond donors (Lipinski definition) is 1. The van der Waals surface area contributed by atoms with Gasteiger partial charge in [-0.1, -0.05) is 32.9 Å². The second kappa shape index (κ2) is 5.97. The zero-order chi connectivity index (χ0) is 15.6. The van der Waals surface area contributed by atoms with Gasteiger partial charge in [0, 0.05) is 6.54 Å². The third-order valence-electron chi connectivity index (χ3n) is 3.14. The lowest BCUT2D eigenvalue weighted by atomic mass is 9.95. The van der Waals surface area contributed by atoms with Crippen LogP contribution in [0, 0.1) is 5.41 Å². The molecule has 0 bridgehead atoms. The van der Waals surface area contributed by atoms with Crippen molar-refractivity contribution in [2.45, 2.75) is 33.5 Å². The van der Waals surface area contributed by atoms with Crippen molar-refractivity contribution in [1.82, 2.24) is 10.2 Å². The molecule has 1 aliphatic rings. The maximum atomic E-state index is 12.1. The molecule has 1 unspecified atom stereocenters. The normalized spacial score (nSPS) is 19.4. The molecule has 4 nitrogen and oxygen atoms in total. The van der Waals surface area contributed by atoms with Crippen LogP contribution in [0.25, 0.3) is 0 Å². The van der Waals surface area contributed by atoms with Gasteiger partial charge in [0.05, 0.1) is 6.54 Å². The van der Waals surface area contributed by atoms with Gasteiger partial charge in [0.2, 0.25) is 5.91 Å². The van der Waals surface area contributed by atoms with E-state index >= 15 is 0 Å². The van der Waals surface area contributed by atoms with Crippen molar-refractivity contribution >= 4 is 5.91 Å². The van der Waals surface area contributed by atoms with Gasteiger partial charge in [-0.3, -0.25) is 10.1 Å². The molecule has 1 atom stereocenters. The van der Waals surface area contributed by atoms with E-state index in [9.17, 15) is 13.6 Å². The molecule has 2 rings (SSSR count). The monoisotopic (exact) mass is 298 g/mol. The highest BCUT2D eigenvalue weighted by Gasteiger charge is 2.33. The van der Waals surface area contributed by atoms with Gasteiger partial charge in [-0.15, -0.1) is 0 Å². The van der Waals surface area contributed by atoms with E-state index in [1.807, 2.05) is 0 Å². The van der Waals surface area contributed by atoms with Gasteiger partial charge in [-0.05, 0) is 23.1 Å². The van der Waals surface area contributed by atoms with Crippen LogP contribution in [-0.4, -0.2) is 30.5 Å². The van der Waals surface area contributed by atoms with Crippen molar-refractivity contribution < 1.29 is 18.3 Å². The Morgan fingerprint density at radius 1 is 1.33 bits per heavy atom. The maximum absolute atomic E-state index is 12.1. The average molecular weight is 298 g/mol. The fourth-order valence-electron chi connectivity index (χ4n) is 2.36. The van der Waals surface area contributed by atoms with E-state index in [1.54, 1.807) is 17.0 Å². The third-order valence-corrected chi connectivity index (χ3v) is 3.14. The van der Waals surface area contributed by atoms with E-state index < -0.39 is 6.61 Å². The van der Waals surface area contributed by atoms with Gasteiger partial charge in [-0.2, -0.15) is 8.78 Å². The number of rotatable bonds is 4. The zero-order valence-corrected chi connectivity index (χ0v) is 12.4. The van der Waals surface area contributed by atoms with Crippen LogP contribution < -0.4 is 10.1 Å². The third kappa shape index (κ3) is 4.14. The molecule has 1 saturated heterocycles. The van der Waals surface area contributed by atoms with Gasteiger partial charge < -0.3 is 9.64 Å². The number of carbonyl (C=O) groups is 1. The molecule has 1 amide bonds. The van der Waals surface area contributed by atoms with Crippen LogP contribution in [0.5, 0.6) is 5.75 Å². The van der Waals surface area contributed by atoms with Crippen LogP contribution in [0.3, 0.4) is 0 Å². The van der Waals surface area contributed by atoms with E-state index in [4.69, 9.17) is 0 Å². The van der Waals surface area contributed by atoms with Crippen LogP contribution in [0.1, 0.15) is 32.5 Å². The lowest BCUT2D eigenvalue weighted by molar-refractivity contribution is -0.129. The quantitative estimate of drug-likeness (QED) is 0.929. The molecule has 1 N–H and O–H groups in total. The van der Waals surface area contributed by atoms with Gasteiger partial charge >= 0.3 is 6.61 Å². The highest BCUT2D eigenvalue weighted by atomic mass is 19.3. The fraction of sp³-hybridized carbons (Fsp3) is 0.533. The van der Waals surface area contributed by atoms with Crippen LogP contribution in [-0.2, 0) is 4.79 Å². The SMILES string of the molecule is CC(C)(C)CN1C(=O)CNC1c1ccc(OC(F)F)cc1. The molecule has 1 heterocycles. The number of ether oxygens (including phenoxy) is 1. The molecule has 6 heteroatoms. The van der Waals surface area contributed by atoms with Crippen molar-refractivity contribution in [3.8, 4) is 5.75 Å². The fourth-order valence-corrected chi connectivity index (χ4v) is 2.36. The number of benzene rings is 1. The predicted octanol–water partition coefficient (Wildman–Crippen LogP) is 2.76. The topological polar surface area (TPSA) is 41.6 Å². The summed E-state index contributed by atoms with van der Waals surface area (Å²) in [6.07, 6.45) is -0.225. The second-order valence-corrected chi connectivity index (χ2v) is 6.31. The molecule has 1 aliphatic heterocycles. The van der Waals surface area contributed by atoms with Crippen LogP contribution >= 0.6 is 0 Å². The Morgan fingerprint density at radius 2 is 1.95 bits per heavy atom. The number of amides is 1. The number of halogens is 2. The maximum Gasteiger partial charge on any atom is 0.387 e. The minimum absolute atomic E-state index is 0.0152. The summed E-state index contributed by atoms with van der Waals surface area (Å²) in [6, 6.07) is 6.37. The first-order valence-corrected chi connectivity index (χ1v) is 6.84. The molecule has 0 saturated carbocycles. The summed E-state index contributed by atoms with van der Waals surface area (Å²) in [7, 11) is 0. The van der Waals surface area contributed by atoms with Gasteiger partial charge in [-0.25, -0.2) is 0 Å². The summed E-state index contributed by atoms with van der Waals surface area (Å²) in [6.45, 7) is 4.27. The largest absolute Gasteiger partial charge is 0.435 e. The summed E-state index contributed by atoms with van der Waals surface area (Å²) >= 11 is 0. The summed E-state index contributed by atoms with van der Waals surface area (Å²) in [5.41, 5.74) is 0.838. The Hall–Kier alpha value is -1.69. The average Bonchev–Trinajstić information content (AvgIpc) is 2.70. The molecule has 0 spiro atoms. The Morgan fingerprint density at radius 3 is 2.48 bits per heavy atom. The minimum Gasteiger partial charge on any atom is -0.435 e. The highest BCUT2D eigenvalue weighted by molar-refractivity contribution is 5.81. The predicted molar refractivity (Wildman–Crippen MR) is 75.0 cm³/mol. The number of hydrogen-bond acceptors (Lipinski definition) is 3. The Balaban J connectivity index is 2.14. The first-order chi connectivity index (χ1) is 9.76. The van der Waals surface area contributed by atoms with Crippen molar-refractivity contribution in [2.75, 3.05) is 13.1 Å². The number of nitrogens with zero attached hydrogens (tertiary/aromatic N) is 1. The first-order valence-electron chi connectivity index (χ1n) is 6.84. The molecule has 1 aromatic rings. The van der Waals surface area contributed by atoms with Crippen LogP contribution in [0.4, 0.5) is 8.78 Å². The van der Waals surface area contributed by atoms with Crippen molar-refractivity contribution in [3.63, 3.8) is 0 Å². The van der Waals surface area contributed by atoms with Gasteiger partial charge in [0.15, 0.2) is 0 Å². The van der Waals surface area contributed by atoms with Crippen LogP contribution in [0.2, 0.25) is 0 Å². The molecule has 0 aromatic heterocycles. The Labute approximate surface area is 123 Å². The van der Waals surface area contributed by atoms with Crippen molar-refractivity contribution in [3.05, 3.63) is 29.8 Å². The van der Waals surface area contributed by atoms with Crippen LogP contribution in [0.15, 0.2) is 24.3 Å². The van der Waals surface area contributed by atoms with Crippen molar-refractivity contribution in [2.24, 2.45) is 5.41 Å². The lowest BCUT2D eigenvalue weighted by Crippen LogP contribution is -2.37. The molecule has 1 fully saturated rings. The zero-order valence-electron chi connectivity index (χ0n) is 12.4. The van der Waals surface area contributed by atoms with E-state index in [1.165, 1.54) is 12.1 Å². The molecule has 0 aliphatic carbocycles. The number of alkyl halides is 2. The molecule has 21 heavy (non-hydrogen) atoms. The highest BCUT2D eigenvalue weighted by Crippen LogP contribution is 2.28.